The molecule has 1 amide bonds. The highest BCUT2D eigenvalue weighted by atomic mass is 35.5. The Morgan fingerprint density at radius 2 is 2.08 bits per heavy atom. The third-order valence-corrected chi connectivity index (χ3v) is 4.70. The molecule has 0 fully saturated rings. The van der Waals surface area contributed by atoms with Crippen molar-refractivity contribution in [2.24, 2.45) is 0 Å². The lowest BCUT2D eigenvalue weighted by Gasteiger charge is -2.12. The van der Waals surface area contributed by atoms with E-state index in [-0.39, 0.29) is 5.91 Å². The molecule has 0 radical (unpaired) electrons. The molecule has 1 aliphatic carbocycles. The number of allylic oxidation sites excluding steroid dienone is 1. The molecule has 1 heterocycles. The maximum absolute atomic E-state index is 12.5. The largest absolute Gasteiger partial charge is 0.352 e. The first kappa shape index (κ1) is 16.8. The third-order valence-electron chi connectivity index (χ3n) is 4.35. The number of halogens is 1. The standard InChI is InChI=1S/C19H22ClN3O/c1-14-17(18(20)23(22-14)16-10-6-3-7-11-16)19(24)21-13-12-15-8-4-2-5-9-15/h3,6-8,10-11H,2,4-5,9,12-13H2,1H3,(H,21,24). The van der Waals surface area contributed by atoms with Gasteiger partial charge in [-0.3, -0.25) is 4.79 Å². The SMILES string of the molecule is Cc1nn(-c2ccccc2)c(Cl)c1C(=O)NCCC1=CCCCC1. The Labute approximate surface area is 147 Å². The van der Waals surface area contributed by atoms with E-state index < -0.39 is 0 Å². The first-order valence-electron chi connectivity index (χ1n) is 8.43. The van der Waals surface area contributed by atoms with Crippen LogP contribution in [0.1, 0.15) is 48.2 Å². The molecular weight excluding hydrogens is 322 g/mol. The van der Waals surface area contributed by atoms with Crippen LogP contribution in [0.5, 0.6) is 0 Å². The minimum absolute atomic E-state index is 0.156. The van der Waals surface area contributed by atoms with Gasteiger partial charge in [0.25, 0.3) is 5.91 Å². The minimum atomic E-state index is -0.156. The molecule has 5 heteroatoms. The van der Waals surface area contributed by atoms with Crippen LogP contribution in [-0.2, 0) is 0 Å². The number of hydrogen-bond donors (Lipinski definition) is 1. The highest BCUT2D eigenvalue weighted by Crippen LogP contribution is 2.24. The second kappa shape index (κ2) is 7.67. The summed E-state index contributed by atoms with van der Waals surface area (Å²) in [6, 6.07) is 9.59. The van der Waals surface area contributed by atoms with E-state index in [1.165, 1.54) is 18.4 Å². The molecule has 0 unspecified atom stereocenters. The first-order chi connectivity index (χ1) is 11.7. The van der Waals surface area contributed by atoms with Gasteiger partial charge in [0.1, 0.15) is 5.15 Å². The van der Waals surface area contributed by atoms with Gasteiger partial charge in [0.15, 0.2) is 0 Å². The summed E-state index contributed by atoms with van der Waals surface area (Å²) in [5.74, 6) is -0.156. The van der Waals surface area contributed by atoms with E-state index in [1.54, 1.807) is 4.68 Å². The van der Waals surface area contributed by atoms with Gasteiger partial charge in [-0.2, -0.15) is 5.10 Å². The number of rotatable bonds is 5. The number of carbonyl (C=O) groups excluding carboxylic acids is 1. The Balaban J connectivity index is 1.69. The molecule has 126 valence electrons. The normalized spacial score (nSPS) is 14.3. The monoisotopic (exact) mass is 343 g/mol. The first-order valence-corrected chi connectivity index (χ1v) is 8.81. The molecule has 0 spiro atoms. The van der Waals surface area contributed by atoms with Gasteiger partial charge in [-0.1, -0.05) is 41.4 Å². The Kier molecular flexibility index (Phi) is 5.36. The molecule has 1 aliphatic rings. The molecule has 1 aromatic carbocycles. The number of amides is 1. The van der Waals surface area contributed by atoms with Crippen molar-refractivity contribution in [3.05, 3.63) is 58.4 Å². The van der Waals surface area contributed by atoms with Crippen molar-refractivity contribution in [3.63, 3.8) is 0 Å². The van der Waals surface area contributed by atoms with Crippen molar-refractivity contribution < 1.29 is 4.79 Å². The summed E-state index contributed by atoms with van der Waals surface area (Å²) in [4.78, 5) is 12.5. The van der Waals surface area contributed by atoms with E-state index in [1.807, 2.05) is 37.3 Å². The fourth-order valence-electron chi connectivity index (χ4n) is 3.05. The third kappa shape index (κ3) is 3.70. The second-order valence-corrected chi connectivity index (χ2v) is 6.47. The summed E-state index contributed by atoms with van der Waals surface area (Å²) in [5, 5.41) is 7.74. The molecule has 0 bridgehead atoms. The Morgan fingerprint density at radius 1 is 1.29 bits per heavy atom. The fourth-order valence-corrected chi connectivity index (χ4v) is 3.41. The zero-order valence-corrected chi connectivity index (χ0v) is 14.6. The van der Waals surface area contributed by atoms with Crippen LogP contribution in [0.25, 0.3) is 5.69 Å². The lowest BCUT2D eigenvalue weighted by molar-refractivity contribution is 0.0953. The number of aromatic nitrogens is 2. The quantitative estimate of drug-likeness (QED) is 0.815. The molecule has 0 aliphatic heterocycles. The number of para-hydroxylation sites is 1. The molecule has 0 atom stereocenters. The average molecular weight is 344 g/mol. The topological polar surface area (TPSA) is 46.9 Å². The number of carbonyl (C=O) groups is 1. The van der Waals surface area contributed by atoms with Crippen LogP contribution in [0, 0.1) is 6.92 Å². The van der Waals surface area contributed by atoms with Crippen LogP contribution in [-0.4, -0.2) is 22.2 Å². The zero-order valence-electron chi connectivity index (χ0n) is 13.9. The van der Waals surface area contributed by atoms with Crippen molar-refractivity contribution in [1.29, 1.82) is 0 Å². The number of nitrogens with zero attached hydrogens (tertiary/aromatic N) is 2. The molecule has 2 aromatic rings. The number of nitrogens with one attached hydrogen (secondary N) is 1. The molecule has 0 saturated carbocycles. The van der Waals surface area contributed by atoms with Crippen molar-refractivity contribution >= 4 is 17.5 Å². The van der Waals surface area contributed by atoms with Crippen LogP contribution in [0.15, 0.2) is 42.0 Å². The van der Waals surface area contributed by atoms with Gasteiger partial charge >= 0.3 is 0 Å². The molecule has 1 N–H and O–H groups in total. The summed E-state index contributed by atoms with van der Waals surface area (Å²) in [5.41, 5.74) is 3.39. The predicted octanol–water partition coefficient (Wildman–Crippen LogP) is 4.45. The van der Waals surface area contributed by atoms with Crippen molar-refractivity contribution in [3.8, 4) is 5.69 Å². The maximum atomic E-state index is 12.5. The Bertz CT molecular complexity index is 749. The van der Waals surface area contributed by atoms with Gasteiger partial charge in [-0.25, -0.2) is 4.68 Å². The van der Waals surface area contributed by atoms with Gasteiger partial charge < -0.3 is 5.32 Å². The molecule has 1 aromatic heterocycles. The van der Waals surface area contributed by atoms with Crippen LogP contribution in [0.2, 0.25) is 5.15 Å². The van der Waals surface area contributed by atoms with Crippen molar-refractivity contribution in [2.75, 3.05) is 6.54 Å². The minimum Gasteiger partial charge on any atom is -0.352 e. The van der Waals surface area contributed by atoms with Crippen molar-refractivity contribution in [2.45, 2.75) is 39.0 Å². The van der Waals surface area contributed by atoms with Crippen LogP contribution >= 0.6 is 11.6 Å². The Morgan fingerprint density at radius 3 is 2.79 bits per heavy atom. The van der Waals surface area contributed by atoms with E-state index >= 15 is 0 Å². The molecule has 0 saturated heterocycles. The lowest BCUT2D eigenvalue weighted by atomic mass is 9.97. The summed E-state index contributed by atoms with van der Waals surface area (Å²) in [6.07, 6.45) is 8.08. The second-order valence-electron chi connectivity index (χ2n) is 6.11. The smallest absolute Gasteiger partial charge is 0.256 e. The van der Waals surface area contributed by atoms with Gasteiger partial charge in [0.2, 0.25) is 0 Å². The van der Waals surface area contributed by atoms with Gasteiger partial charge in [0, 0.05) is 6.54 Å². The number of hydrogen-bond acceptors (Lipinski definition) is 2. The van der Waals surface area contributed by atoms with E-state index in [9.17, 15) is 4.79 Å². The van der Waals surface area contributed by atoms with Gasteiger partial charge in [-0.15, -0.1) is 0 Å². The predicted molar refractivity (Wildman–Crippen MR) is 96.8 cm³/mol. The molecule has 24 heavy (non-hydrogen) atoms. The van der Waals surface area contributed by atoms with Crippen LogP contribution in [0.4, 0.5) is 0 Å². The highest BCUT2D eigenvalue weighted by molar-refractivity contribution is 6.33. The van der Waals surface area contributed by atoms with Crippen LogP contribution in [0.3, 0.4) is 0 Å². The van der Waals surface area contributed by atoms with Gasteiger partial charge in [-0.05, 0) is 51.2 Å². The molecule has 3 rings (SSSR count). The number of aryl methyl sites for hydroxylation is 1. The maximum Gasteiger partial charge on any atom is 0.256 e. The summed E-state index contributed by atoms with van der Waals surface area (Å²) < 4.78 is 1.61. The van der Waals surface area contributed by atoms with E-state index in [2.05, 4.69) is 16.5 Å². The number of benzene rings is 1. The molecular formula is C19H22ClN3O. The fraction of sp³-hybridized carbons (Fsp3) is 0.368. The summed E-state index contributed by atoms with van der Waals surface area (Å²) in [6.45, 7) is 2.45. The van der Waals surface area contributed by atoms with E-state index in [4.69, 9.17) is 11.6 Å². The summed E-state index contributed by atoms with van der Waals surface area (Å²) >= 11 is 6.41. The zero-order chi connectivity index (χ0) is 16.9. The van der Waals surface area contributed by atoms with Crippen LogP contribution < -0.4 is 5.32 Å². The van der Waals surface area contributed by atoms with Crippen molar-refractivity contribution in [1.82, 2.24) is 15.1 Å². The highest BCUT2D eigenvalue weighted by Gasteiger charge is 2.20. The summed E-state index contributed by atoms with van der Waals surface area (Å²) in [7, 11) is 0. The van der Waals surface area contributed by atoms with E-state index in [0.717, 1.165) is 24.9 Å². The average Bonchev–Trinajstić information content (AvgIpc) is 2.91. The Hall–Kier alpha value is -2.07. The molecule has 4 nitrogen and oxygen atoms in total. The van der Waals surface area contributed by atoms with Gasteiger partial charge in [0.05, 0.1) is 16.9 Å². The lowest BCUT2D eigenvalue weighted by Crippen LogP contribution is -2.25. The van der Waals surface area contributed by atoms with E-state index in [0.29, 0.717) is 23.0 Å².